The highest BCUT2D eigenvalue weighted by Crippen LogP contribution is 2.12. The van der Waals surface area contributed by atoms with Gasteiger partial charge in [0.15, 0.2) is 11.5 Å². The molecule has 7 nitrogen and oxygen atoms in total. The molecule has 3 aromatic rings. The number of nitrogens with zero attached hydrogens (tertiary/aromatic N) is 1. The number of anilines is 1. The summed E-state index contributed by atoms with van der Waals surface area (Å²) in [5, 5.41) is 4.73. The number of rotatable bonds is 5. The zero-order chi connectivity index (χ0) is 17.8. The van der Waals surface area contributed by atoms with E-state index in [0.29, 0.717) is 0 Å². The summed E-state index contributed by atoms with van der Waals surface area (Å²) in [4.78, 5) is 27.5. The molecule has 0 saturated carbocycles. The lowest BCUT2D eigenvalue weighted by atomic mass is 10.2. The molecule has 0 spiro atoms. The third kappa shape index (κ3) is 3.89. The van der Waals surface area contributed by atoms with Crippen LogP contribution in [0.1, 0.15) is 26.6 Å². The SMILES string of the molecule is O=C(NCc1ccc(F)cc1F)c1coc(NC(=O)c2ccco2)n1. The van der Waals surface area contributed by atoms with Gasteiger partial charge in [0.25, 0.3) is 11.8 Å². The van der Waals surface area contributed by atoms with Crippen LogP contribution >= 0.6 is 0 Å². The largest absolute Gasteiger partial charge is 0.459 e. The van der Waals surface area contributed by atoms with Crippen molar-refractivity contribution >= 4 is 17.8 Å². The fourth-order valence-corrected chi connectivity index (χ4v) is 1.93. The van der Waals surface area contributed by atoms with Gasteiger partial charge in [0, 0.05) is 18.2 Å². The number of carbonyl (C=O) groups excluding carboxylic acids is 2. The summed E-state index contributed by atoms with van der Waals surface area (Å²) in [7, 11) is 0. The molecule has 0 aliphatic rings. The highest BCUT2D eigenvalue weighted by atomic mass is 19.1. The summed E-state index contributed by atoms with van der Waals surface area (Å²) in [6.45, 7) is -0.161. The lowest BCUT2D eigenvalue weighted by Crippen LogP contribution is -2.23. The predicted octanol–water partition coefficient (Wildman–Crippen LogP) is 2.73. The minimum absolute atomic E-state index is 0.0518. The highest BCUT2D eigenvalue weighted by molar-refractivity contribution is 6.01. The molecule has 128 valence electrons. The van der Waals surface area contributed by atoms with Gasteiger partial charge in [-0.25, -0.2) is 8.78 Å². The predicted molar refractivity (Wildman–Crippen MR) is 80.7 cm³/mol. The van der Waals surface area contributed by atoms with Gasteiger partial charge in [-0.15, -0.1) is 0 Å². The van der Waals surface area contributed by atoms with Crippen molar-refractivity contribution < 1.29 is 27.2 Å². The maximum Gasteiger partial charge on any atom is 0.302 e. The van der Waals surface area contributed by atoms with Crippen LogP contribution in [0.15, 0.2) is 51.7 Å². The van der Waals surface area contributed by atoms with Crippen molar-refractivity contribution in [1.82, 2.24) is 10.3 Å². The third-order valence-corrected chi connectivity index (χ3v) is 3.16. The molecule has 1 aromatic carbocycles. The Balaban J connectivity index is 1.59. The zero-order valence-electron chi connectivity index (χ0n) is 12.6. The van der Waals surface area contributed by atoms with E-state index >= 15 is 0 Å². The van der Waals surface area contributed by atoms with Crippen LogP contribution in [-0.4, -0.2) is 16.8 Å². The number of hydrogen-bond donors (Lipinski definition) is 2. The van der Waals surface area contributed by atoms with Crippen molar-refractivity contribution in [2.45, 2.75) is 6.54 Å². The Hall–Kier alpha value is -3.49. The van der Waals surface area contributed by atoms with Crippen molar-refractivity contribution in [3.63, 3.8) is 0 Å². The summed E-state index contributed by atoms with van der Waals surface area (Å²) in [6, 6.07) is 5.83. The molecule has 2 amide bonds. The molecular weight excluding hydrogens is 336 g/mol. The van der Waals surface area contributed by atoms with Gasteiger partial charge in [-0.3, -0.25) is 14.9 Å². The molecular formula is C16H11F2N3O4. The van der Waals surface area contributed by atoms with Gasteiger partial charge in [-0.2, -0.15) is 4.98 Å². The third-order valence-electron chi connectivity index (χ3n) is 3.16. The number of furan rings is 1. The first-order chi connectivity index (χ1) is 12.0. The molecule has 0 saturated heterocycles. The fourth-order valence-electron chi connectivity index (χ4n) is 1.93. The van der Waals surface area contributed by atoms with Gasteiger partial charge in [-0.05, 0) is 18.2 Å². The fraction of sp³-hybridized carbons (Fsp3) is 0.0625. The van der Waals surface area contributed by atoms with Crippen LogP contribution in [0.3, 0.4) is 0 Å². The monoisotopic (exact) mass is 347 g/mol. The lowest BCUT2D eigenvalue weighted by molar-refractivity contribution is 0.0944. The second-order valence-electron chi connectivity index (χ2n) is 4.89. The summed E-state index contributed by atoms with van der Waals surface area (Å²) in [5.74, 6) is -2.66. The van der Waals surface area contributed by atoms with E-state index < -0.39 is 23.4 Å². The van der Waals surface area contributed by atoms with Crippen LogP contribution < -0.4 is 10.6 Å². The molecule has 9 heteroatoms. The first-order valence-electron chi connectivity index (χ1n) is 7.05. The molecule has 2 heterocycles. The second kappa shape index (κ2) is 6.95. The maximum atomic E-state index is 13.5. The summed E-state index contributed by atoms with van der Waals surface area (Å²) in [5.41, 5.74) is 0.00172. The minimum Gasteiger partial charge on any atom is -0.459 e. The lowest BCUT2D eigenvalue weighted by Gasteiger charge is -2.04. The maximum absolute atomic E-state index is 13.5. The van der Waals surface area contributed by atoms with Crippen LogP contribution in [0.2, 0.25) is 0 Å². The highest BCUT2D eigenvalue weighted by Gasteiger charge is 2.16. The smallest absolute Gasteiger partial charge is 0.302 e. The van der Waals surface area contributed by atoms with Crippen LogP contribution in [-0.2, 0) is 6.54 Å². The van der Waals surface area contributed by atoms with E-state index in [-0.39, 0.29) is 29.6 Å². The number of amides is 2. The Kier molecular flexibility index (Phi) is 4.55. The standard InChI is InChI=1S/C16H11F2N3O4/c17-10-4-3-9(11(18)6-10)7-19-14(22)12-8-25-16(20-12)21-15(23)13-2-1-5-24-13/h1-6,8H,7H2,(H,19,22)(H,20,21,23). The van der Waals surface area contributed by atoms with Crippen LogP contribution in [0, 0.1) is 11.6 Å². The average Bonchev–Trinajstić information content (AvgIpc) is 3.25. The Labute approximate surface area is 139 Å². The topological polar surface area (TPSA) is 97.4 Å². The molecule has 0 aliphatic carbocycles. The van der Waals surface area contributed by atoms with Gasteiger partial charge >= 0.3 is 6.01 Å². The number of nitrogens with one attached hydrogen (secondary N) is 2. The summed E-state index contributed by atoms with van der Waals surface area (Å²) in [6.07, 6.45) is 2.37. The number of aromatic nitrogens is 1. The normalized spacial score (nSPS) is 10.5. The van der Waals surface area contributed by atoms with E-state index in [0.717, 1.165) is 18.4 Å². The molecule has 0 bridgehead atoms. The van der Waals surface area contributed by atoms with E-state index in [1.165, 1.54) is 24.5 Å². The van der Waals surface area contributed by atoms with Gasteiger partial charge in [-0.1, -0.05) is 6.07 Å². The molecule has 2 N–H and O–H groups in total. The Morgan fingerprint density at radius 3 is 2.68 bits per heavy atom. The summed E-state index contributed by atoms with van der Waals surface area (Å²) >= 11 is 0. The van der Waals surface area contributed by atoms with Crippen molar-refractivity contribution in [3.05, 3.63) is 71.5 Å². The van der Waals surface area contributed by atoms with Crippen molar-refractivity contribution in [2.75, 3.05) is 5.32 Å². The van der Waals surface area contributed by atoms with Gasteiger partial charge in [0.2, 0.25) is 0 Å². The van der Waals surface area contributed by atoms with Gasteiger partial charge in [0.05, 0.1) is 6.26 Å². The first-order valence-corrected chi connectivity index (χ1v) is 7.05. The molecule has 0 unspecified atom stereocenters. The van der Waals surface area contributed by atoms with Gasteiger partial charge in [0.1, 0.15) is 17.9 Å². The molecule has 0 aliphatic heterocycles. The number of oxazole rings is 1. The zero-order valence-corrected chi connectivity index (χ0v) is 12.6. The molecule has 0 fully saturated rings. The van der Waals surface area contributed by atoms with Crippen LogP contribution in [0.5, 0.6) is 0 Å². The van der Waals surface area contributed by atoms with E-state index in [1.54, 1.807) is 0 Å². The van der Waals surface area contributed by atoms with Crippen molar-refractivity contribution in [1.29, 1.82) is 0 Å². The quantitative estimate of drug-likeness (QED) is 0.740. The average molecular weight is 347 g/mol. The van der Waals surface area contributed by atoms with Gasteiger partial charge < -0.3 is 14.2 Å². The van der Waals surface area contributed by atoms with E-state index in [4.69, 9.17) is 8.83 Å². The summed E-state index contributed by atoms with van der Waals surface area (Å²) < 4.78 is 36.2. The van der Waals surface area contributed by atoms with E-state index in [2.05, 4.69) is 15.6 Å². The molecule has 3 rings (SSSR count). The second-order valence-corrected chi connectivity index (χ2v) is 4.89. The minimum atomic E-state index is -0.771. The number of hydrogen-bond acceptors (Lipinski definition) is 5. The van der Waals surface area contributed by atoms with E-state index in [1.807, 2.05) is 0 Å². The number of carbonyl (C=O) groups is 2. The van der Waals surface area contributed by atoms with Crippen molar-refractivity contribution in [3.8, 4) is 0 Å². The van der Waals surface area contributed by atoms with Crippen LogP contribution in [0.4, 0.5) is 14.8 Å². The first kappa shape index (κ1) is 16.4. The Bertz CT molecular complexity index is 906. The number of halogens is 2. The number of benzene rings is 1. The molecule has 2 aromatic heterocycles. The van der Waals surface area contributed by atoms with Crippen molar-refractivity contribution in [2.24, 2.45) is 0 Å². The molecule has 25 heavy (non-hydrogen) atoms. The van der Waals surface area contributed by atoms with Crippen LogP contribution in [0.25, 0.3) is 0 Å². The Morgan fingerprint density at radius 1 is 1.12 bits per heavy atom. The molecule has 0 atom stereocenters. The Morgan fingerprint density at radius 2 is 1.96 bits per heavy atom. The molecule has 0 radical (unpaired) electrons. The van der Waals surface area contributed by atoms with E-state index in [9.17, 15) is 18.4 Å².